The Kier molecular flexibility index (Phi) is 5.98. The van der Waals surface area contributed by atoms with Crippen LogP contribution in [0.5, 0.6) is 0 Å². The molecule has 0 aliphatic carbocycles. The van der Waals surface area contributed by atoms with Crippen LogP contribution >= 0.6 is 11.8 Å². The molecule has 28 heavy (non-hydrogen) atoms. The van der Waals surface area contributed by atoms with E-state index in [1.54, 1.807) is 11.8 Å². The van der Waals surface area contributed by atoms with Crippen LogP contribution in [0.25, 0.3) is 0 Å². The molecule has 1 saturated heterocycles. The molecule has 0 bridgehead atoms. The second-order valence-corrected chi connectivity index (χ2v) is 8.34. The van der Waals surface area contributed by atoms with Gasteiger partial charge >= 0.3 is 0 Å². The van der Waals surface area contributed by atoms with Crippen molar-refractivity contribution in [1.29, 1.82) is 0 Å². The Bertz CT molecular complexity index is 850. The van der Waals surface area contributed by atoms with Crippen molar-refractivity contribution in [3.8, 4) is 0 Å². The van der Waals surface area contributed by atoms with Gasteiger partial charge in [0, 0.05) is 41.4 Å². The normalized spacial score (nSPS) is 16.6. The molecule has 0 saturated carbocycles. The highest BCUT2D eigenvalue weighted by Gasteiger charge is 2.24. The van der Waals surface area contributed by atoms with E-state index in [2.05, 4.69) is 10.2 Å². The number of rotatable bonds is 5. The van der Waals surface area contributed by atoms with Crippen LogP contribution in [0.1, 0.15) is 29.6 Å². The van der Waals surface area contributed by atoms with Crippen molar-refractivity contribution in [2.24, 2.45) is 0 Å². The monoisotopic (exact) mass is 395 g/mol. The molecule has 6 heteroatoms. The Morgan fingerprint density at radius 3 is 2.57 bits per heavy atom. The maximum Gasteiger partial charge on any atom is 0.258 e. The maximum absolute atomic E-state index is 13.0. The summed E-state index contributed by atoms with van der Waals surface area (Å²) in [6, 6.07) is 15.2. The summed E-state index contributed by atoms with van der Waals surface area (Å²) in [5.41, 5.74) is 2.31. The van der Waals surface area contributed by atoms with E-state index >= 15 is 0 Å². The van der Waals surface area contributed by atoms with Crippen LogP contribution in [0.4, 0.5) is 11.4 Å². The van der Waals surface area contributed by atoms with Crippen molar-refractivity contribution in [3.05, 3.63) is 54.1 Å². The summed E-state index contributed by atoms with van der Waals surface area (Å²) in [5, 5.41) is 3.00. The van der Waals surface area contributed by atoms with Gasteiger partial charge in [0.1, 0.15) is 0 Å². The highest BCUT2D eigenvalue weighted by molar-refractivity contribution is 7.99. The fraction of sp³-hybridized carbons (Fsp3) is 0.364. The van der Waals surface area contributed by atoms with E-state index in [0.717, 1.165) is 41.7 Å². The number of fused-ring (bicyclic) bond motifs is 1. The SMILES string of the molecule is O=C(CCN1CCCC1)Nc1ccc2c(c1)N(C(=O)c1ccccc1)CCS2. The van der Waals surface area contributed by atoms with Gasteiger partial charge in [-0.05, 0) is 56.3 Å². The van der Waals surface area contributed by atoms with Crippen molar-refractivity contribution >= 4 is 35.0 Å². The quantitative estimate of drug-likeness (QED) is 0.835. The van der Waals surface area contributed by atoms with Crippen LogP contribution in [-0.2, 0) is 4.79 Å². The number of amides is 2. The Morgan fingerprint density at radius 2 is 1.79 bits per heavy atom. The van der Waals surface area contributed by atoms with Crippen LogP contribution in [0.15, 0.2) is 53.4 Å². The van der Waals surface area contributed by atoms with E-state index in [4.69, 9.17) is 0 Å². The number of carbonyl (C=O) groups excluding carboxylic acids is 2. The third kappa shape index (κ3) is 4.39. The lowest BCUT2D eigenvalue weighted by Crippen LogP contribution is -2.35. The number of carbonyl (C=O) groups is 2. The molecule has 1 fully saturated rings. The molecule has 2 aromatic carbocycles. The second kappa shape index (κ2) is 8.80. The van der Waals surface area contributed by atoms with E-state index in [9.17, 15) is 9.59 Å². The largest absolute Gasteiger partial charge is 0.326 e. The van der Waals surface area contributed by atoms with Crippen molar-refractivity contribution in [2.75, 3.05) is 42.1 Å². The molecular formula is C22H25N3O2S. The van der Waals surface area contributed by atoms with Gasteiger partial charge in [0.25, 0.3) is 5.91 Å². The first-order chi connectivity index (χ1) is 13.7. The maximum atomic E-state index is 13.0. The Hall–Kier alpha value is -2.31. The van der Waals surface area contributed by atoms with E-state index in [0.29, 0.717) is 18.5 Å². The summed E-state index contributed by atoms with van der Waals surface area (Å²) in [6.07, 6.45) is 2.96. The number of anilines is 2. The molecule has 146 valence electrons. The zero-order valence-electron chi connectivity index (χ0n) is 15.9. The van der Waals surface area contributed by atoms with Gasteiger partial charge in [-0.3, -0.25) is 9.59 Å². The number of hydrogen-bond acceptors (Lipinski definition) is 4. The minimum Gasteiger partial charge on any atom is -0.326 e. The average molecular weight is 396 g/mol. The number of nitrogens with one attached hydrogen (secondary N) is 1. The van der Waals surface area contributed by atoms with Crippen molar-refractivity contribution in [3.63, 3.8) is 0 Å². The number of nitrogens with zero attached hydrogens (tertiary/aromatic N) is 2. The van der Waals surface area contributed by atoms with Crippen LogP contribution in [0.3, 0.4) is 0 Å². The van der Waals surface area contributed by atoms with Gasteiger partial charge in [-0.2, -0.15) is 0 Å². The number of likely N-dealkylation sites (tertiary alicyclic amines) is 1. The van der Waals surface area contributed by atoms with Crippen molar-refractivity contribution in [2.45, 2.75) is 24.2 Å². The van der Waals surface area contributed by atoms with Gasteiger partial charge in [-0.15, -0.1) is 11.8 Å². The topological polar surface area (TPSA) is 52.7 Å². The Labute approximate surface area is 170 Å². The van der Waals surface area contributed by atoms with Gasteiger partial charge in [-0.25, -0.2) is 0 Å². The predicted molar refractivity (Wildman–Crippen MR) is 114 cm³/mol. The first-order valence-corrected chi connectivity index (χ1v) is 10.9. The molecule has 0 aromatic heterocycles. The van der Waals surface area contributed by atoms with E-state index < -0.39 is 0 Å². The lowest BCUT2D eigenvalue weighted by molar-refractivity contribution is -0.116. The van der Waals surface area contributed by atoms with Crippen molar-refractivity contribution in [1.82, 2.24) is 4.90 Å². The molecule has 2 aliphatic heterocycles. The first-order valence-electron chi connectivity index (χ1n) is 9.87. The van der Waals surface area contributed by atoms with Crippen molar-refractivity contribution < 1.29 is 9.59 Å². The van der Waals surface area contributed by atoms with Gasteiger partial charge in [0.15, 0.2) is 0 Å². The molecule has 2 aromatic rings. The lowest BCUT2D eigenvalue weighted by atomic mass is 10.1. The van der Waals surface area contributed by atoms with E-state index in [1.165, 1.54) is 12.8 Å². The van der Waals surface area contributed by atoms with Gasteiger partial charge < -0.3 is 15.1 Å². The molecule has 2 amide bonds. The summed E-state index contributed by atoms with van der Waals surface area (Å²) >= 11 is 1.75. The molecular weight excluding hydrogens is 370 g/mol. The van der Waals surface area contributed by atoms with Crippen LogP contribution < -0.4 is 10.2 Å². The van der Waals surface area contributed by atoms with Gasteiger partial charge in [-0.1, -0.05) is 18.2 Å². The average Bonchev–Trinajstić information content (AvgIpc) is 3.26. The second-order valence-electron chi connectivity index (χ2n) is 7.20. The smallest absolute Gasteiger partial charge is 0.258 e. The molecule has 5 nitrogen and oxygen atoms in total. The number of benzene rings is 2. The third-order valence-electron chi connectivity index (χ3n) is 5.23. The molecule has 0 atom stereocenters. The van der Waals surface area contributed by atoms with Gasteiger partial charge in [0.2, 0.25) is 5.91 Å². The molecule has 2 aliphatic rings. The Morgan fingerprint density at radius 1 is 1.00 bits per heavy atom. The highest BCUT2D eigenvalue weighted by atomic mass is 32.2. The molecule has 0 radical (unpaired) electrons. The van der Waals surface area contributed by atoms with Crippen LogP contribution in [0, 0.1) is 0 Å². The molecule has 1 N–H and O–H groups in total. The molecule has 0 unspecified atom stereocenters. The summed E-state index contributed by atoms with van der Waals surface area (Å²) < 4.78 is 0. The summed E-state index contributed by atoms with van der Waals surface area (Å²) in [7, 11) is 0. The summed E-state index contributed by atoms with van der Waals surface area (Å²) in [4.78, 5) is 30.6. The minimum atomic E-state index is -0.000315. The molecule has 0 spiro atoms. The zero-order chi connectivity index (χ0) is 19.3. The highest BCUT2D eigenvalue weighted by Crippen LogP contribution is 2.37. The van der Waals surface area contributed by atoms with Crippen LogP contribution in [0.2, 0.25) is 0 Å². The Balaban J connectivity index is 1.46. The number of hydrogen-bond donors (Lipinski definition) is 1. The molecule has 4 rings (SSSR count). The zero-order valence-corrected chi connectivity index (χ0v) is 16.7. The lowest BCUT2D eigenvalue weighted by Gasteiger charge is -2.29. The van der Waals surface area contributed by atoms with Gasteiger partial charge in [0.05, 0.1) is 5.69 Å². The predicted octanol–water partition coefficient (Wildman–Crippen LogP) is 3.86. The number of thioether (sulfide) groups is 1. The van der Waals surface area contributed by atoms with E-state index in [-0.39, 0.29) is 11.8 Å². The fourth-order valence-corrected chi connectivity index (χ4v) is 4.71. The third-order valence-corrected chi connectivity index (χ3v) is 6.27. The standard InChI is InChI=1S/C22H25N3O2S/c26-21(10-13-24-11-4-5-12-24)23-18-8-9-20-19(16-18)25(14-15-28-20)22(27)17-6-2-1-3-7-17/h1-3,6-9,16H,4-5,10-15H2,(H,23,26). The van der Waals surface area contributed by atoms with Crippen LogP contribution in [-0.4, -0.2) is 48.6 Å². The summed E-state index contributed by atoms with van der Waals surface area (Å²) in [5.74, 6) is 0.892. The summed E-state index contributed by atoms with van der Waals surface area (Å²) in [6.45, 7) is 3.67. The minimum absolute atomic E-state index is 0.000315. The first kappa shape index (κ1) is 19.0. The fourth-order valence-electron chi connectivity index (χ4n) is 3.73. The molecule has 2 heterocycles. The van der Waals surface area contributed by atoms with E-state index in [1.807, 2.05) is 53.4 Å².